The first-order valence-electron chi connectivity index (χ1n) is 18.4. The lowest BCUT2D eigenvalue weighted by atomic mass is 9.71. The molecule has 10 nitrogen and oxygen atoms in total. The Morgan fingerprint density at radius 3 is 2.27 bits per heavy atom. The summed E-state index contributed by atoms with van der Waals surface area (Å²) in [7, 11) is -3.20. The van der Waals surface area contributed by atoms with E-state index in [2.05, 4.69) is 38.8 Å². The summed E-state index contributed by atoms with van der Waals surface area (Å²) in [5, 5.41) is 4.02. The molecule has 1 spiro atoms. The van der Waals surface area contributed by atoms with Crippen molar-refractivity contribution < 1.29 is 26.3 Å². The van der Waals surface area contributed by atoms with Gasteiger partial charge in [-0.2, -0.15) is 0 Å². The van der Waals surface area contributed by atoms with E-state index in [1.165, 1.54) is 55.2 Å². The van der Waals surface area contributed by atoms with Crippen LogP contribution in [0.2, 0.25) is 0 Å². The van der Waals surface area contributed by atoms with Crippen molar-refractivity contribution in [1.29, 1.82) is 0 Å². The molecule has 2 aliphatic rings. The van der Waals surface area contributed by atoms with Gasteiger partial charge in [0.2, 0.25) is 5.95 Å². The molecule has 7 rings (SSSR count). The molecule has 56 heavy (non-hydrogen) atoms. The average Bonchev–Trinajstić information content (AvgIpc) is 3.63. The van der Waals surface area contributed by atoms with Crippen LogP contribution in [0.5, 0.6) is 5.75 Å². The van der Waals surface area contributed by atoms with Gasteiger partial charge in [0.1, 0.15) is 17.4 Å². The van der Waals surface area contributed by atoms with Crippen molar-refractivity contribution in [2.45, 2.75) is 57.3 Å². The molecule has 2 fully saturated rings. The first kappa shape index (κ1) is 39.8. The second-order valence-electron chi connectivity index (χ2n) is 14.5. The molecule has 0 unspecified atom stereocenters. The Labute approximate surface area is 334 Å². The van der Waals surface area contributed by atoms with Gasteiger partial charge in [-0.05, 0) is 86.2 Å². The van der Waals surface area contributed by atoms with Crippen LogP contribution in [0.1, 0.15) is 56.0 Å². The standard InChI is InChI=1S/C40H44F3N7O3S3/c1-24(2)38-47-35(26-8-6-11-29(34(26)43)48-56(51,52)37-27(41)9-7-10-28(37)42)36(55-38)30-12-17-44-39(45-30)46-31-22-25(3)32(23-33(31)53-4)49-18-13-40(14-19-49)15-20-50(54-5)21-16-40/h6-12,17,22-24,48H,13-16,18-21H2,1-5H3,(H,44,45,46). The molecule has 296 valence electrons. The number of benzene rings is 3. The minimum Gasteiger partial charge on any atom is -0.494 e. The molecule has 2 saturated heterocycles. The summed E-state index contributed by atoms with van der Waals surface area (Å²) in [5.41, 5.74) is 3.52. The number of sulfonamides is 1. The van der Waals surface area contributed by atoms with Crippen LogP contribution < -0.4 is 19.7 Å². The number of hydrogen-bond acceptors (Lipinski definition) is 11. The fourth-order valence-electron chi connectivity index (χ4n) is 7.48. The fraction of sp³-hybridized carbons (Fsp3) is 0.375. The van der Waals surface area contributed by atoms with Crippen LogP contribution in [0.15, 0.2) is 65.7 Å². The van der Waals surface area contributed by atoms with E-state index >= 15 is 4.39 Å². The first-order valence-corrected chi connectivity index (χ1v) is 21.9. The molecule has 16 heteroatoms. The molecule has 2 aliphatic heterocycles. The lowest BCUT2D eigenvalue weighted by molar-refractivity contribution is 0.124. The maximum atomic E-state index is 16.3. The molecular weight excluding hydrogens is 780 g/mol. The third kappa shape index (κ3) is 8.06. The molecule has 2 N–H and O–H groups in total. The summed E-state index contributed by atoms with van der Waals surface area (Å²) in [6.45, 7) is 10.3. The van der Waals surface area contributed by atoms with Crippen LogP contribution in [0.25, 0.3) is 21.8 Å². The van der Waals surface area contributed by atoms with E-state index in [-0.39, 0.29) is 23.1 Å². The minimum absolute atomic E-state index is 0.0209. The number of halogens is 3. The molecule has 3 aromatic carbocycles. The maximum Gasteiger partial charge on any atom is 0.267 e. The normalized spacial score (nSPS) is 16.1. The van der Waals surface area contributed by atoms with Gasteiger partial charge in [-0.15, -0.1) is 11.3 Å². The van der Waals surface area contributed by atoms with E-state index in [0.29, 0.717) is 32.4 Å². The van der Waals surface area contributed by atoms with Gasteiger partial charge in [0.05, 0.1) is 39.8 Å². The van der Waals surface area contributed by atoms with E-state index < -0.39 is 38.1 Å². The van der Waals surface area contributed by atoms with Crippen LogP contribution in [0.4, 0.5) is 36.2 Å². The lowest BCUT2D eigenvalue weighted by Crippen LogP contribution is -2.45. The summed E-state index contributed by atoms with van der Waals surface area (Å²) >= 11 is 3.17. The number of ether oxygens (including phenoxy) is 1. The van der Waals surface area contributed by atoms with Crippen molar-refractivity contribution >= 4 is 56.3 Å². The van der Waals surface area contributed by atoms with Crippen molar-refractivity contribution in [1.82, 2.24) is 19.3 Å². The highest BCUT2D eigenvalue weighted by molar-refractivity contribution is 7.96. The third-order valence-electron chi connectivity index (χ3n) is 10.7. The summed E-state index contributed by atoms with van der Waals surface area (Å²) in [5.74, 6) is -2.66. The van der Waals surface area contributed by atoms with Gasteiger partial charge in [-0.3, -0.25) is 9.03 Å². The van der Waals surface area contributed by atoms with Crippen molar-refractivity contribution in [3.8, 4) is 27.6 Å². The quantitative estimate of drug-likeness (QED) is 0.125. The van der Waals surface area contributed by atoms with Crippen LogP contribution in [0, 0.1) is 29.8 Å². The van der Waals surface area contributed by atoms with Gasteiger partial charge in [0.15, 0.2) is 10.7 Å². The van der Waals surface area contributed by atoms with Gasteiger partial charge >= 0.3 is 0 Å². The fourth-order valence-corrected chi connectivity index (χ4v) is 10.3. The average molecular weight is 824 g/mol. The Morgan fingerprint density at radius 2 is 1.61 bits per heavy atom. The number of rotatable bonds is 11. The van der Waals surface area contributed by atoms with Gasteiger partial charge in [0.25, 0.3) is 10.0 Å². The predicted molar refractivity (Wildman–Crippen MR) is 219 cm³/mol. The van der Waals surface area contributed by atoms with Crippen LogP contribution >= 0.6 is 23.3 Å². The molecule has 4 heterocycles. The lowest BCUT2D eigenvalue weighted by Gasteiger charge is -2.47. The van der Waals surface area contributed by atoms with Crippen molar-refractivity contribution in [2.75, 3.05) is 54.5 Å². The van der Waals surface area contributed by atoms with Crippen LogP contribution in [-0.2, 0) is 10.0 Å². The highest BCUT2D eigenvalue weighted by Crippen LogP contribution is 2.45. The number of aromatic nitrogens is 3. The monoisotopic (exact) mass is 823 g/mol. The Morgan fingerprint density at radius 1 is 0.929 bits per heavy atom. The first-order chi connectivity index (χ1) is 26.8. The molecular formula is C40H44F3N7O3S3. The molecule has 0 aliphatic carbocycles. The largest absolute Gasteiger partial charge is 0.494 e. The van der Waals surface area contributed by atoms with Crippen LogP contribution in [-0.4, -0.2) is 67.2 Å². The van der Waals surface area contributed by atoms with E-state index in [4.69, 9.17) is 14.7 Å². The zero-order valence-electron chi connectivity index (χ0n) is 31.8. The maximum absolute atomic E-state index is 16.3. The van der Waals surface area contributed by atoms with E-state index in [0.717, 1.165) is 55.6 Å². The van der Waals surface area contributed by atoms with Gasteiger partial charge in [-0.25, -0.2) is 36.5 Å². The number of anilines is 4. The zero-order valence-corrected chi connectivity index (χ0v) is 34.3. The summed E-state index contributed by atoms with van der Waals surface area (Å²) in [6.07, 6.45) is 8.59. The molecule has 0 amide bonds. The minimum atomic E-state index is -4.83. The Bertz CT molecular complexity index is 2320. The van der Waals surface area contributed by atoms with Crippen LogP contribution in [0.3, 0.4) is 0 Å². The molecule has 0 bridgehead atoms. The third-order valence-corrected chi connectivity index (χ3v) is 14.4. The SMILES string of the molecule is COc1cc(N2CCC3(CCN(SC)CC3)CC2)c(C)cc1Nc1nccc(-c2sc(C(C)C)nc2-c2cccc(NS(=O)(=O)c3c(F)cccc3F)c2F)n1. The number of hydrogen-bond donors (Lipinski definition) is 2. The number of methoxy groups -OCH3 is 1. The summed E-state index contributed by atoms with van der Waals surface area (Å²) in [4.78, 5) is 15.8. The second kappa shape index (κ2) is 16.2. The van der Waals surface area contributed by atoms with Crippen molar-refractivity contribution in [2.24, 2.45) is 5.41 Å². The molecule has 0 saturated carbocycles. The number of nitrogens with one attached hydrogen (secondary N) is 2. The smallest absolute Gasteiger partial charge is 0.267 e. The Balaban J connectivity index is 1.15. The number of piperidine rings is 2. The molecule has 0 atom stereocenters. The Hall–Kier alpha value is -4.38. The zero-order chi connectivity index (χ0) is 39.8. The highest BCUT2D eigenvalue weighted by atomic mass is 32.2. The number of aryl methyl sites for hydroxylation is 1. The number of nitrogens with zero attached hydrogens (tertiary/aromatic N) is 5. The van der Waals surface area contributed by atoms with Gasteiger partial charge in [-0.1, -0.05) is 37.9 Å². The highest BCUT2D eigenvalue weighted by Gasteiger charge is 2.38. The summed E-state index contributed by atoms with van der Waals surface area (Å²) in [6, 6.07) is 12.6. The second-order valence-corrected chi connectivity index (χ2v) is 18.1. The van der Waals surface area contributed by atoms with Crippen molar-refractivity contribution in [3.63, 3.8) is 0 Å². The molecule has 5 aromatic rings. The molecule has 2 aromatic heterocycles. The predicted octanol–water partition coefficient (Wildman–Crippen LogP) is 9.63. The number of thiazole rings is 1. The van der Waals surface area contributed by atoms with E-state index in [1.54, 1.807) is 19.4 Å². The van der Waals surface area contributed by atoms with E-state index in [1.807, 2.05) is 36.6 Å². The summed E-state index contributed by atoms with van der Waals surface area (Å²) < 4.78 is 81.6. The Kier molecular flexibility index (Phi) is 11.5. The molecule has 0 radical (unpaired) electrons. The van der Waals surface area contributed by atoms with Crippen molar-refractivity contribution in [3.05, 3.63) is 88.8 Å². The topological polar surface area (TPSA) is 113 Å². The van der Waals surface area contributed by atoms with E-state index in [9.17, 15) is 17.2 Å². The van der Waals surface area contributed by atoms with Gasteiger partial charge < -0.3 is 15.0 Å². The van der Waals surface area contributed by atoms with Gasteiger partial charge in [0, 0.05) is 55.6 Å².